The second-order valence-electron chi connectivity index (χ2n) is 7.71. The molecule has 2 aromatic rings. The number of halogens is 3. The van der Waals surface area contributed by atoms with Crippen LogP contribution in [0.1, 0.15) is 44.6 Å². The van der Waals surface area contributed by atoms with Crippen molar-refractivity contribution in [1.29, 1.82) is 0 Å². The van der Waals surface area contributed by atoms with Crippen molar-refractivity contribution in [3.05, 3.63) is 40.1 Å². The van der Waals surface area contributed by atoms with E-state index in [2.05, 4.69) is 15.0 Å². The van der Waals surface area contributed by atoms with Crippen molar-refractivity contribution in [1.82, 2.24) is 9.88 Å². The molecule has 1 aromatic carbocycles. The summed E-state index contributed by atoms with van der Waals surface area (Å²) in [5.74, 6) is -0.884. The minimum atomic E-state index is -4.78. The number of benzene rings is 1. The Labute approximate surface area is 193 Å². The molecule has 0 radical (unpaired) electrons. The first kappa shape index (κ1) is 26.2. The number of hydrogen-bond donors (Lipinski definition) is 1. The average molecular weight is 490 g/mol. The van der Waals surface area contributed by atoms with E-state index < -0.39 is 24.0 Å². The Bertz CT molecular complexity index is 1010. The highest BCUT2D eigenvalue weighted by Crippen LogP contribution is 2.24. The third kappa shape index (κ3) is 9.16. The summed E-state index contributed by atoms with van der Waals surface area (Å²) in [7, 11) is 0. The van der Waals surface area contributed by atoms with Crippen LogP contribution in [0.15, 0.2) is 34.6 Å². The number of esters is 1. The highest BCUT2D eigenvalue weighted by atomic mass is 32.1. The fraction of sp³-hybridized carbons (Fsp3) is 0.476. The molecule has 1 N–H and O–H groups in total. The smallest absolute Gasteiger partial charge is 0.461 e. The fourth-order valence-electron chi connectivity index (χ4n) is 2.58. The number of carbonyl (C=O) groups excluding carboxylic acids is 2. The number of ether oxygens (including phenoxy) is 3. The van der Waals surface area contributed by atoms with Crippen molar-refractivity contribution < 1.29 is 37.0 Å². The van der Waals surface area contributed by atoms with Crippen molar-refractivity contribution in [2.45, 2.75) is 52.6 Å². The van der Waals surface area contributed by atoms with Crippen molar-refractivity contribution in [3.63, 3.8) is 0 Å². The van der Waals surface area contributed by atoms with Crippen molar-refractivity contribution in [3.8, 4) is 5.75 Å². The van der Waals surface area contributed by atoms with Crippen LogP contribution in [0.2, 0.25) is 0 Å². The quantitative estimate of drug-likeness (QED) is 0.426. The fourth-order valence-corrected chi connectivity index (χ4v) is 3.50. The van der Waals surface area contributed by atoms with Gasteiger partial charge in [-0.1, -0.05) is 0 Å². The molecule has 1 aromatic heterocycles. The average Bonchev–Trinajstić information content (AvgIpc) is 3.07. The zero-order chi connectivity index (χ0) is 24.6. The third-order valence-corrected chi connectivity index (χ3v) is 4.67. The zero-order valence-corrected chi connectivity index (χ0v) is 19.5. The van der Waals surface area contributed by atoms with Crippen LogP contribution in [0.4, 0.5) is 23.7 Å². The van der Waals surface area contributed by atoms with Gasteiger partial charge in [0.2, 0.25) is 0 Å². The van der Waals surface area contributed by atoms with E-state index >= 15 is 0 Å². The lowest BCUT2D eigenvalue weighted by Crippen LogP contribution is -2.33. The molecular weight excluding hydrogens is 463 g/mol. The molecule has 0 saturated carbocycles. The molecule has 2 rings (SSSR count). The number of amides is 1. The second kappa shape index (κ2) is 11.2. The second-order valence-corrected chi connectivity index (χ2v) is 8.55. The summed E-state index contributed by atoms with van der Waals surface area (Å²) in [5.41, 5.74) is 0.0491. The van der Waals surface area contributed by atoms with Gasteiger partial charge in [-0.3, -0.25) is 0 Å². The highest BCUT2D eigenvalue weighted by molar-refractivity contribution is 7.07. The lowest BCUT2D eigenvalue weighted by Gasteiger charge is -2.19. The molecule has 0 bridgehead atoms. The van der Waals surface area contributed by atoms with Gasteiger partial charge in [-0.15, -0.1) is 24.5 Å². The van der Waals surface area contributed by atoms with E-state index in [-0.39, 0.29) is 18.1 Å². The normalized spacial score (nSPS) is 12.4. The first-order chi connectivity index (χ1) is 15.4. The molecular formula is C21H26F3N3O5S. The largest absolute Gasteiger partial charge is 0.573 e. The molecule has 1 heterocycles. The maximum absolute atomic E-state index is 12.3. The van der Waals surface area contributed by atoms with Gasteiger partial charge in [0.15, 0.2) is 4.80 Å². The van der Waals surface area contributed by atoms with Crippen LogP contribution in [-0.2, 0) is 16.0 Å². The van der Waals surface area contributed by atoms with Gasteiger partial charge < -0.3 is 24.1 Å². The van der Waals surface area contributed by atoms with E-state index in [4.69, 9.17) is 9.47 Å². The molecule has 0 aliphatic rings. The van der Waals surface area contributed by atoms with Crippen LogP contribution in [-0.4, -0.2) is 41.7 Å². The first-order valence-electron chi connectivity index (χ1n) is 10.1. The zero-order valence-electron chi connectivity index (χ0n) is 18.7. The Morgan fingerprint density at radius 1 is 1.15 bits per heavy atom. The molecule has 0 atom stereocenters. The van der Waals surface area contributed by atoms with E-state index in [1.165, 1.54) is 23.5 Å². The van der Waals surface area contributed by atoms with Gasteiger partial charge in [0, 0.05) is 18.5 Å². The Morgan fingerprint density at radius 3 is 2.39 bits per heavy atom. The highest BCUT2D eigenvalue weighted by Gasteiger charge is 2.31. The lowest BCUT2D eigenvalue weighted by molar-refractivity contribution is -0.274. The predicted molar refractivity (Wildman–Crippen MR) is 115 cm³/mol. The number of nitrogens with one attached hydrogen (secondary N) is 1. The number of carbonyl (C=O) groups is 2. The minimum absolute atomic E-state index is 0.196. The maximum atomic E-state index is 12.3. The third-order valence-electron chi connectivity index (χ3n) is 3.80. The molecule has 0 aliphatic heterocycles. The Hall–Kier alpha value is -3.02. The SMILES string of the molecule is CCOC(=O)c1cs/c(=N\c2ccc(OC(F)(F)F)cc2)n1CCCNC(=O)OC(C)(C)C. The molecule has 0 spiro atoms. The van der Waals surface area contributed by atoms with Crippen molar-refractivity contribution in [2.24, 2.45) is 4.99 Å². The summed E-state index contributed by atoms with van der Waals surface area (Å²) in [4.78, 5) is 29.0. The number of alkyl carbamates (subject to hydrolysis) is 1. The maximum Gasteiger partial charge on any atom is 0.573 e. The molecule has 0 unspecified atom stereocenters. The summed E-state index contributed by atoms with van der Waals surface area (Å²) in [5, 5.41) is 4.24. The number of aromatic nitrogens is 1. The topological polar surface area (TPSA) is 91.1 Å². The summed E-state index contributed by atoms with van der Waals surface area (Å²) in [6.07, 6.45) is -4.86. The molecule has 0 saturated heterocycles. The summed E-state index contributed by atoms with van der Waals surface area (Å²) in [6.45, 7) is 7.79. The Morgan fingerprint density at radius 2 is 1.82 bits per heavy atom. The van der Waals surface area contributed by atoms with Crippen molar-refractivity contribution >= 4 is 29.1 Å². The van der Waals surface area contributed by atoms with E-state index in [0.29, 0.717) is 30.0 Å². The monoisotopic (exact) mass is 489 g/mol. The molecule has 0 fully saturated rings. The van der Waals surface area contributed by atoms with Crippen molar-refractivity contribution in [2.75, 3.05) is 13.2 Å². The van der Waals surface area contributed by atoms with Crippen LogP contribution >= 0.6 is 11.3 Å². The summed E-state index contributed by atoms with van der Waals surface area (Å²) >= 11 is 1.18. The van der Waals surface area contributed by atoms with Gasteiger partial charge in [-0.25, -0.2) is 14.6 Å². The Kier molecular flexibility index (Phi) is 8.91. The number of hydrogen-bond acceptors (Lipinski definition) is 7. The molecule has 0 aliphatic carbocycles. The Balaban J connectivity index is 2.18. The number of nitrogens with zero attached hydrogens (tertiary/aromatic N) is 2. The van der Waals surface area contributed by atoms with Crippen LogP contribution in [0.3, 0.4) is 0 Å². The molecule has 33 heavy (non-hydrogen) atoms. The first-order valence-corrected chi connectivity index (χ1v) is 11.0. The van der Waals surface area contributed by atoms with Gasteiger partial charge in [-0.2, -0.15) is 0 Å². The molecule has 182 valence electrons. The molecule has 8 nitrogen and oxygen atoms in total. The molecule has 12 heteroatoms. The number of thiazole rings is 1. The van der Waals surface area contributed by atoms with E-state index in [0.717, 1.165) is 12.1 Å². The van der Waals surface area contributed by atoms with Crippen LogP contribution in [0.25, 0.3) is 0 Å². The van der Waals surface area contributed by atoms with Crippen LogP contribution in [0.5, 0.6) is 5.75 Å². The summed E-state index contributed by atoms with van der Waals surface area (Å²) < 4.78 is 52.8. The van der Waals surface area contributed by atoms with Crippen LogP contribution in [0, 0.1) is 0 Å². The van der Waals surface area contributed by atoms with Gasteiger partial charge in [0.1, 0.15) is 17.0 Å². The number of alkyl halides is 3. The standard InChI is InChI=1S/C21H26F3N3O5S/c1-5-30-17(28)16-13-33-18(26-14-7-9-15(10-8-14)31-21(22,23)24)27(16)12-6-11-25-19(29)32-20(2,3)4/h7-10,13H,5-6,11-12H2,1-4H3,(H,25,29)/b26-18-. The van der Waals surface area contributed by atoms with E-state index in [1.807, 2.05) is 0 Å². The van der Waals surface area contributed by atoms with E-state index in [9.17, 15) is 22.8 Å². The van der Waals surface area contributed by atoms with E-state index in [1.54, 1.807) is 37.6 Å². The van der Waals surface area contributed by atoms with Crippen LogP contribution < -0.4 is 14.9 Å². The predicted octanol–water partition coefficient (Wildman–Crippen LogP) is 4.77. The lowest BCUT2D eigenvalue weighted by atomic mass is 10.2. The summed E-state index contributed by atoms with van der Waals surface area (Å²) in [6, 6.07) is 5.06. The van der Waals surface area contributed by atoms with Gasteiger partial charge in [-0.05, 0) is 58.4 Å². The number of rotatable bonds is 8. The minimum Gasteiger partial charge on any atom is -0.461 e. The van der Waals surface area contributed by atoms with Gasteiger partial charge in [0.05, 0.1) is 12.3 Å². The van der Waals surface area contributed by atoms with Gasteiger partial charge in [0.25, 0.3) is 0 Å². The molecule has 1 amide bonds. The van der Waals surface area contributed by atoms with Gasteiger partial charge >= 0.3 is 18.4 Å².